The van der Waals surface area contributed by atoms with Crippen molar-refractivity contribution in [1.29, 1.82) is 0 Å². The van der Waals surface area contributed by atoms with E-state index in [0.717, 1.165) is 6.04 Å². The van der Waals surface area contributed by atoms with Crippen LogP contribution in [0.15, 0.2) is 0 Å². The standard InChI is InChI=1S/C6H11N/c1-5-6(2)3-4-7(5)6/h5H,3-4H2,1-2H3. The summed E-state index contributed by atoms with van der Waals surface area (Å²) >= 11 is 0. The lowest BCUT2D eigenvalue weighted by Gasteiger charge is -2.20. The first-order valence-corrected chi connectivity index (χ1v) is 3.02. The maximum atomic E-state index is 2.53. The molecule has 1 heteroatoms. The van der Waals surface area contributed by atoms with E-state index >= 15 is 0 Å². The Labute approximate surface area is 44.3 Å². The molecule has 0 N–H and O–H groups in total. The molecule has 2 fully saturated rings. The predicted molar refractivity (Wildman–Crippen MR) is 29.2 cm³/mol. The first-order valence-electron chi connectivity index (χ1n) is 3.02. The van der Waals surface area contributed by atoms with Crippen molar-refractivity contribution in [3.05, 3.63) is 0 Å². The summed E-state index contributed by atoms with van der Waals surface area (Å²) in [5.74, 6) is 0. The van der Waals surface area contributed by atoms with Crippen LogP contribution in [0.1, 0.15) is 20.3 Å². The Bertz CT molecular complexity index is 105. The van der Waals surface area contributed by atoms with Gasteiger partial charge in [-0.05, 0) is 20.3 Å². The van der Waals surface area contributed by atoms with Crippen LogP contribution >= 0.6 is 0 Å². The summed E-state index contributed by atoms with van der Waals surface area (Å²) in [6, 6.07) is 0.910. The molecule has 0 aromatic heterocycles. The molecule has 0 aliphatic carbocycles. The molecule has 1 nitrogen and oxygen atoms in total. The molecule has 0 aromatic carbocycles. The van der Waals surface area contributed by atoms with E-state index in [9.17, 15) is 0 Å². The van der Waals surface area contributed by atoms with Gasteiger partial charge in [-0.15, -0.1) is 0 Å². The van der Waals surface area contributed by atoms with E-state index in [1.165, 1.54) is 13.0 Å². The van der Waals surface area contributed by atoms with Gasteiger partial charge < -0.3 is 0 Å². The molecule has 0 aromatic rings. The average molecular weight is 97.2 g/mol. The molecule has 3 atom stereocenters. The Morgan fingerprint density at radius 3 is 2.29 bits per heavy atom. The molecule has 0 spiro atoms. The van der Waals surface area contributed by atoms with E-state index in [4.69, 9.17) is 0 Å². The Morgan fingerprint density at radius 2 is 2.29 bits per heavy atom. The molecule has 2 rings (SSSR count). The normalized spacial score (nSPS) is 66.0. The topological polar surface area (TPSA) is 3.01 Å². The van der Waals surface area contributed by atoms with Crippen LogP contribution in [0.5, 0.6) is 0 Å². The number of hydrogen-bond acceptors (Lipinski definition) is 1. The largest absolute Gasteiger partial charge is 0.292 e. The summed E-state index contributed by atoms with van der Waals surface area (Å²) in [5.41, 5.74) is 0.681. The number of nitrogens with zero attached hydrogens (tertiary/aromatic N) is 1. The Hall–Kier alpha value is -0.0400. The molecule has 0 amide bonds. The zero-order chi connectivity index (χ0) is 5.07. The minimum atomic E-state index is 0.681. The van der Waals surface area contributed by atoms with Gasteiger partial charge in [-0.2, -0.15) is 0 Å². The van der Waals surface area contributed by atoms with Gasteiger partial charge in [0.25, 0.3) is 0 Å². The van der Waals surface area contributed by atoms with Gasteiger partial charge in [-0.1, -0.05) is 0 Å². The molecule has 0 bridgehead atoms. The maximum Gasteiger partial charge on any atom is 0.0349 e. The maximum absolute atomic E-state index is 2.53. The van der Waals surface area contributed by atoms with Gasteiger partial charge in [-0.25, -0.2) is 0 Å². The average Bonchev–Trinajstić information content (AvgIpc) is 1.86. The lowest BCUT2D eigenvalue weighted by Crippen LogP contribution is -2.28. The van der Waals surface area contributed by atoms with E-state index in [0.29, 0.717) is 5.54 Å². The molecule has 2 aliphatic heterocycles. The van der Waals surface area contributed by atoms with Crippen LogP contribution in [0.25, 0.3) is 0 Å². The van der Waals surface area contributed by atoms with Gasteiger partial charge in [0.05, 0.1) is 0 Å². The van der Waals surface area contributed by atoms with Crippen molar-refractivity contribution >= 4 is 0 Å². The molecule has 2 aliphatic rings. The summed E-state index contributed by atoms with van der Waals surface area (Å²) in [4.78, 5) is 2.53. The zero-order valence-corrected chi connectivity index (χ0v) is 4.94. The molecular weight excluding hydrogens is 86.1 g/mol. The van der Waals surface area contributed by atoms with Crippen molar-refractivity contribution in [2.75, 3.05) is 6.54 Å². The lowest BCUT2D eigenvalue weighted by molar-refractivity contribution is 0.287. The van der Waals surface area contributed by atoms with Crippen LogP contribution in [0, 0.1) is 0 Å². The zero-order valence-electron chi connectivity index (χ0n) is 4.94. The van der Waals surface area contributed by atoms with E-state index in [1.54, 1.807) is 0 Å². The van der Waals surface area contributed by atoms with Gasteiger partial charge in [0.2, 0.25) is 0 Å². The summed E-state index contributed by atoms with van der Waals surface area (Å²) in [6.45, 7) is 6.02. The summed E-state index contributed by atoms with van der Waals surface area (Å²) in [6.07, 6.45) is 1.44. The van der Waals surface area contributed by atoms with Crippen molar-refractivity contribution in [2.45, 2.75) is 31.8 Å². The van der Waals surface area contributed by atoms with Gasteiger partial charge >= 0.3 is 0 Å². The first kappa shape index (κ1) is 3.90. The first-order chi connectivity index (χ1) is 3.25. The van der Waals surface area contributed by atoms with Crippen molar-refractivity contribution < 1.29 is 0 Å². The van der Waals surface area contributed by atoms with E-state index < -0.39 is 0 Å². The van der Waals surface area contributed by atoms with Gasteiger partial charge in [0, 0.05) is 18.1 Å². The van der Waals surface area contributed by atoms with Crippen molar-refractivity contribution in [3.63, 3.8) is 0 Å². The fourth-order valence-corrected chi connectivity index (χ4v) is 1.69. The van der Waals surface area contributed by atoms with Crippen LogP contribution < -0.4 is 0 Å². The molecular formula is C6H11N. The Morgan fingerprint density at radius 1 is 1.71 bits per heavy atom. The summed E-state index contributed by atoms with van der Waals surface area (Å²) < 4.78 is 0. The third-order valence-corrected chi connectivity index (χ3v) is 2.81. The second kappa shape index (κ2) is 0.752. The third-order valence-electron chi connectivity index (χ3n) is 2.81. The molecule has 3 unspecified atom stereocenters. The Kier molecular flexibility index (Phi) is 0.419. The predicted octanol–water partition coefficient (Wildman–Crippen LogP) is 0.853. The molecule has 0 saturated carbocycles. The summed E-state index contributed by atoms with van der Waals surface area (Å²) in [7, 11) is 0. The Balaban J connectivity index is 2.20. The summed E-state index contributed by atoms with van der Waals surface area (Å²) in [5, 5.41) is 0. The minimum absolute atomic E-state index is 0.681. The van der Waals surface area contributed by atoms with E-state index in [1.807, 2.05) is 0 Å². The molecule has 7 heavy (non-hydrogen) atoms. The molecule has 2 heterocycles. The molecule has 2 saturated heterocycles. The van der Waals surface area contributed by atoms with Gasteiger partial charge in [0.1, 0.15) is 0 Å². The van der Waals surface area contributed by atoms with Crippen molar-refractivity contribution in [3.8, 4) is 0 Å². The van der Waals surface area contributed by atoms with Crippen LogP contribution in [0.3, 0.4) is 0 Å². The SMILES string of the molecule is CC1N2CCC12C. The minimum Gasteiger partial charge on any atom is -0.292 e. The molecule has 40 valence electrons. The van der Waals surface area contributed by atoms with Crippen LogP contribution in [0.2, 0.25) is 0 Å². The molecule has 0 radical (unpaired) electrons. The number of hydrogen-bond donors (Lipinski definition) is 0. The van der Waals surface area contributed by atoms with E-state index in [-0.39, 0.29) is 0 Å². The second-order valence-corrected chi connectivity index (χ2v) is 2.98. The third kappa shape index (κ3) is 0.235. The highest BCUT2D eigenvalue weighted by atomic mass is 15.4. The van der Waals surface area contributed by atoms with Gasteiger partial charge in [0.15, 0.2) is 0 Å². The van der Waals surface area contributed by atoms with E-state index in [2.05, 4.69) is 18.7 Å². The lowest BCUT2D eigenvalue weighted by atomic mass is 10.0. The number of fused-ring (bicyclic) bond motifs is 1. The highest BCUT2D eigenvalue weighted by molar-refractivity contribution is 5.19. The van der Waals surface area contributed by atoms with Crippen molar-refractivity contribution in [1.82, 2.24) is 4.90 Å². The quantitative estimate of drug-likeness (QED) is 0.405. The highest BCUT2D eigenvalue weighted by Crippen LogP contribution is 2.51. The highest BCUT2D eigenvalue weighted by Gasteiger charge is 2.62. The van der Waals surface area contributed by atoms with Gasteiger partial charge in [-0.3, -0.25) is 4.90 Å². The van der Waals surface area contributed by atoms with Crippen molar-refractivity contribution in [2.24, 2.45) is 0 Å². The smallest absolute Gasteiger partial charge is 0.0349 e. The van der Waals surface area contributed by atoms with Crippen LogP contribution in [-0.4, -0.2) is 23.0 Å². The van der Waals surface area contributed by atoms with Crippen LogP contribution in [0.4, 0.5) is 0 Å². The van der Waals surface area contributed by atoms with Crippen LogP contribution in [-0.2, 0) is 0 Å². The number of rotatable bonds is 0. The fraction of sp³-hybridized carbons (Fsp3) is 1.00. The second-order valence-electron chi connectivity index (χ2n) is 2.98. The monoisotopic (exact) mass is 97.1 g/mol. The fourth-order valence-electron chi connectivity index (χ4n) is 1.69.